The Kier molecular flexibility index (Phi) is 5.95. The third-order valence-corrected chi connectivity index (χ3v) is 2.88. The molecule has 0 aliphatic heterocycles. The van der Waals surface area contributed by atoms with Crippen molar-refractivity contribution >= 4 is 11.6 Å². The van der Waals surface area contributed by atoms with Crippen LogP contribution in [0.25, 0.3) is 0 Å². The van der Waals surface area contributed by atoms with Gasteiger partial charge in [-0.15, -0.1) is 0 Å². The summed E-state index contributed by atoms with van der Waals surface area (Å²) in [6.07, 6.45) is 0.817. The molecule has 0 atom stereocenters. The zero-order valence-corrected chi connectivity index (χ0v) is 12.1. The molecule has 0 radical (unpaired) electrons. The molecule has 0 amide bonds. The molecule has 3 N–H and O–H groups in total. The molecule has 7 heteroatoms. The Labute approximate surface area is 124 Å². The lowest BCUT2D eigenvalue weighted by Gasteiger charge is -2.13. The quantitative estimate of drug-likeness (QED) is 0.740. The number of nitrogens with one attached hydrogen (secondary N) is 1. The first-order chi connectivity index (χ1) is 10.0. The summed E-state index contributed by atoms with van der Waals surface area (Å²) in [6.45, 7) is 1.52. The fraction of sp³-hybridized carbons (Fsp3) is 0.429. The van der Waals surface area contributed by atoms with Crippen molar-refractivity contribution in [3.63, 3.8) is 0 Å². The molecule has 0 aliphatic rings. The number of anilines is 2. The van der Waals surface area contributed by atoms with E-state index in [4.69, 9.17) is 16.3 Å². The summed E-state index contributed by atoms with van der Waals surface area (Å²) in [5, 5.41) is 30.3. The lowest BCUT2D eigenvalue weighted by molar-refractivity contribution is 0.405. The van der Waals surface area contributed by atoms with Gasteiger partial charge in [0.1, 0.15) is 29.3 Å². The fourth-order valence-corrected chi connectivity index (χ4v) is 1.89. The maximum absolute atomic E-state index is 9.28. The van der Waals surface area contributed by atoms with E-state index < -0.39 is 0 Å². The topological polar surface area (TPSA) is 126 Å². The van der Waals surface area contributed by atoms with Crippen LogP contribution < -0.4 is 11.1 Å². The molecule has 0 aromatic carbocycles. The van der Waals surface area contributed by atoms with Crippen molar-refractivity contribution in [2.75, 3.05) is 38.2 Å². The van der Waals surface area contributed by atoms with Crippen LogP contribution in [0.1, 0.15) is 23.1 Å². The SMILES string of the molecule is CN(C)CCCNc1nc(N)c(C#N)c(CC#N)c1C#N. The second-order valence-corrected chi connectivity index (χ2v) is 4.72. The van der Waals surface area contributed by atoms with Gasteiger partial charge in [-0.3, -0.25) is 0 Å². The van der Waals surface area contributed by atoms with Crippen molar-refractivity contribution in [1.29, 1.82) is 15.8 Å². The average molecular weight is 283 g/mol. The zero-order valence-electron chi connectivity index (χ0n) is 12.1. The Morgan fingerprint density at radius 2 is 1.86 bits per heavy atom. The van der Waals surface area contributed by atoms with Gasteiger partial charge < -0.3 is 16.0 Å². The predicted molar refractivity (Wildman–Crippen MR) is 79.1 cm³/mol. The number of hydrogen-bond acceptors (Lipinski definition) is 7. The van der Waals surface area contributed by atoms with E-state index in [0.717, 1.165) is 13.0 Å². The van der Waals surface area contributed by atoms with Crippen LogP contribution in [0, 0.1) is 34.0 Å². The molecule has 0 spiro atoms. The Hall–Kier alpha value is -2.82. The summed E-state index contributed by atoms with van der Waals surface area (Å²) in [5.41, 5.74) is 6.40. The van der Waals surface area contributed by atoms with Gasteiger partial charge in [-0.2, -0.15) is 15.8 Å². The van der Waals surface area contributed by atoms with Crippen molar-refractivity contribution in [2.24, 2.45) is 0 Å². The van der Waals surface area contributed by atoms with Gasteiger partial charge in [-0.05, 0) is 27.1 Å². The average Bonchev–Trinajstić information content (AvgIpc) is 2.44. The van der Waals surface area contributed by atoms with Crippen LogP contribution in [-0.2, 0) is 6.42 Å². The maximum atomic E-state index is 9.28. The first-order valence-electron chi connectivity index (χ1n) is 6.43. The Morgan fingerprint density at radius 1 is 1.19 bits per heavy atom. The normalized spacial score (nSPS) is 9.71. The van der Waals surface area contributed by atoms with E-state index in [2.05, 4.69) is 15.2 Å². The minimum atomic E-state index is -0.0507. The Bertz CT molecular complexity index is 629. The number of pyridine rings is 1. The molecule has 108 valence electrons. The summed E-state index contributed by atoms with van der Waals surface area (Å²) in [6, 6.07) is 5.87. The molecule has 0 fully saturated rings. The van der Waals surface area contributed by atoms with Gasteiger partial charge in [0.25, 0.3) is 0 Å². The highest BCUT2D eigenvalue weighted by Gasteiger charge is 2.18. The van der Waals surface area contributed by atoms with Crippen molar-refractivity contribution < 1.29 is 0 Å². The second-order valence-electron chi connectivity index (χ2n) is 4.72. The smallest absolute Gasteiger partial charge is 0.146 e. The van der Waals surface area contributed by atoms with Gasteiger partial charge in [0.15, 0.2) is 0 Å². The van der Waals surface area contributed by atoms with E-state index in [1.54, 1.807) is 0 Å². The van der Waals surface area contributed by atoms with Gasteiger partial charge in [0.2, 0.25) is 0 Å². The third kappa shape index (κ3) is 4.07. The molecule has 21 heavy (non-hydrogen) atoms. The zero-order chi connectivity index (χ0) is 15.8. The highest BCUT2D eigenvalue weighted by molar-refractivity contribution is 5.68. The number of rotatable bonds is 6. The second kappa shape index (κ2) is 7.69. The summed E-state index contributed by atoms with van der Waals surface area (Å²) in [4.78, 5) is 6.12. The largest absolute Gasteiger partial charge is 0.383 e. The number of hydrogen-bond donors (Lipinski definition) is 2. The molecule has 0 aliphatic carbocycles. The summed E-state index contributed by atoms with van der Waals surface area (Å²) >= 11 is 0. The minimum Gasteiger partial charge on any atom is -0.383 e. The standard InChI is InChI=1S/C14H17N7/c1-21(2)7-3-6-19-14-12(9-17)10(4-5-15)11(8-16)13(18)20-14/h3-4,6-7H2,1-2H3,(H3,18,19,20). The molecule has 1 rings (SSSR count). The van der Waals surface area contributed by atoms with E-state index in [9.17, 15) is 5.26 Å². The van der Waals surface area contributed by atoms with Crippen LogP contribution in [-0.4, -0.2) is 37.1 Å². The molecule has 1 aromatic heterocycles. The van der Waals surface area contributed by atoms with Crippen molar-refractivity contribution in [3.8, 4) is 18.2 Å². The Balaban J connectivity index is 3.08. The number of nitrogen functional groups attached to an aromatic ring is 1. The molecule has 1 aromatic rings. The van der Waals surface area contributed by atoms with Gasteiger partial charge in [-0.25, -0.2) is 4.98 Å². The van der Waals surface area contributed by atoms with Crippen LogP contribution in [0.5, 0.6) is 0 Å². The molecule has 1 heterocycles. The van der Waals surface area contributed by atoms with Crippen molar-refractivity contribution in [1.82, 2.24) is 9.88 Å². The predicted octanol–water partition coefficient (Wildman–Crippen LogP) is 0.837. The molecule has 0 saturated heterocycles. The summed E-state index contributed by atoms with van der Waals surface area (Å²) < 4.78 is 0. The number of nitrogens with zero attached hydrogens (tertiary/aromatic N) is 5. The van der Waals surface area contributed by atoms with Gasteiger partial charge in [0.05, 0.1) is 18.1 Å². The number of nitriles is 3. The first kappa shape index (κ1) is 16.2. The summed E-state index contributed by atoms with van der Waals surface area (Å²) in [5.74, 6) is 0.370. The molecule has 0 bridgehead atoms. The lowest BCUT2D eigenvalue weighted by atomic mass is 10.0. The molecule has 7 nitrogen and oxygen atoms in total. The third-order valence-electron chi connectivity index (χ3n) is 2.88. The first-order valence-corrected chi connectivity index (χ1v) is 6.43. The monoisotopic (exact) mass is 283 g/mol. The highest BCUT2D eigenvalue weighted by atomic mass is 15.1. The molecule has 0 unspecified atom stereocenters. The van der Waals surface area contributed by atoms with Gasteiger partial charge >= 0.3 is 0 Å². The van der Waals surface area contributed by atoms with Crippen LogP contribution in [0.15, 0.2) is 0 Å². The number of aromatic nitrogens is 1. The van der Waals surface area contributed by atoms with E-state index >= 15 is 0 Å². The van der Waals surface area contributed by atoms with Gasteiger partial charge in [0, 0.05) is 12.1 Å². The fourth-order valence-electron chi connectivity index (χ4n) is 1.89. The molecule has 0 saturated carbocycles. The van der Waals surface area contributed by atoms with E-state index in [-0.39, 0.29) is 23.4 Å². The van der Waals surface area contributed by atoms with Crippen LogP contribution in [0.4, 0.5) is 11.6 Å². The van der Waals surface area contributed by atoms with Crippen LogP contribution in [0.2, 0.25) is 0 Å². The van der Waals surface area contributed by atoms with E-state index in [1.807, 2.05) is 32.3 Å². The van der Waals surface area contributed by atoms with Gasteiger partial charge in [-0.1, -0.05) is 0 Å². The molecular formula is C14H17N7. The van der Waals surface area contributed by atoms with E-state index in [0.29, 0.717) is 17.9 Å². The number of nitrogens with two attached hydrogens (primary N) is 1. The highest BCUT2D eigenvalue weighted by Crippen LogP contribution is 2.25. The van der Waals surface area contributed by atoms with Crippen LogP contribution in [0.3, 0.4) is 0 Å². The van der Waals surface area contributed by atoms with E-state index in [1.165, 1.54) is 0 Å². The maximum Gasteiger partial charge on any atom is 0.146 e. The minimum absolute atomic E-state index is 0.0388. The lowest BCUT2D eigenvalue weighted by Crippen LogP contribution is -2.17. The summed E-state index contributed by atoms with van der Waals surface area (Å²) in [7, 11) is 3.95. The van der Waals surface area contributed by atoms with Crippen molar-refractivity contribution in [2.45, 2.75) is 12.8 Å². The molecular weight excluding hydrogens is 266 g/mol. The Morgan fingerprint density at radius 3 is 2.38 bits per heavy atom. The van der Waals surface area contributed by atoms with Crippen molar-refractivity contribution in [3.05, 3.63) is 16.7 Å². The van der Waals surface area contributed by atoms with Crippen LogP contribution >= 0.6 is 0 Å².